The molecule has 5 heteroatoms. The summed E-state index contributed by atoms with van der Waals surface area (Å²) >= 11 is 7.08. The maximum absolute atomic E-state index is 5.31. The lowest BCUT2D eigenvalue weighted by Gasteiger charge is -2.08. The fourth-order valence-electron chi connectivity index (χ4n) is 1.77. The molecular formula is C12H17N3S2. The molecule has 0 saturated heterocycles. The van der Waals surface area contributed by atoms with Crippen LogP contribution < -0.4 is 0 Å². The molecule has 0 aromatic carbocycles. The molecule has 0 fully saturated rings. The Morgan fingerprint density at radius 2 is 2.29 bits per heavy atom. The van der Waals surface area contributed by atoms with Gasteiger partial charge in [0.25, 0.3) is 0 Å². The van der Waals surface area contributed by atoms with Crippen molar-refractivity contribution in [2.45, 2.75) is 39.7 Å². The zero-order valence-corrected chi connectivity index (χ0v) is 12.0. The molecule has 0 unspecified atom stereocenters. The molecule has 0 radical (unpaired) electrons. The van der Waals surface area contributed by atoms with Gasteiger partial charge in [-0.25, -0.2) is 4.98 Å². The summed E-state index contributed by atoms with van der Waals surface area (Å²) in [7, 11) is 0. The van der Waals surface area contributed by atoms with E-state index < -0.39 is 0 Å². The van der Waals surface area contributed by atoms with Crippen molar-refractivity contribution in [3.05, 3.63) is 32.7 Å². The van der Waals surface area contributed by atoms with E-state index in [1.54, 1.807) is 11.3 Å². The monoisotopic (exact) mass is 267 g/mol. The maximum atomic E-state index is 5.31. The van der Waals surface area contributed by atoms with E-state index in [0.29, 0.717) is 5.92 Å². The number of aryl methyl sites for hydroxylation is 1. The summed E-state index contributed by atoms with van der Waals surface area (Å²) in [6.45, 7) is 7.28. The highest BCUT2D eigenvalue weighted by molar-refractivity contribution is 7.71. The van der Waals surface area contributed by atoms with Gasteiger partial charge in [-0.15, -0.1) is 11.3 Å². The molecule has 0 aliphatic carbocycles. The van der Waals surface area contributed by atoms with Crippen molar-refractivity contribution in [2.75, 3.05) is 0 Å². The molecule has 0 atom stereocenters. The molecule has 1 N–H and O–H groups in total. The van der Waals surface area contributed by atoms with E-state index in [-0.39, 0.29) is 0 Å². The number of rotatable bonds is 4. The molecule has 2 rings (SSSR count). The van der Waals surface area contributed by atoms with Gasteiger partial charge >= 0.3 is 0 Å². The van der Waals surface area contributed by atoms with Gasteiger partial charge in [-0.05, 0) is 24.6 Å². The summed E-state index contributed by atoms with van der Waals surface area (Å²) in [5.74, 6) is 0.466. The first-order valence-corrected chi connectivity index (χ1v) is 7.06. The van der Waals surface area contributed by atoms with Crippen LogP contribution in [0.25, 0.3) is 0 Å². The lowest BCUT2D eigenvalue weighted by Crippen LogP contribution is -2.05. The first kappa shape index (κ1) is 12.5. The number of aromatic nitrogens is 3. The van der Waals surface area contributed by atoms with Crippen molar-refractivity contribution in [3.8, 4) is 0 Å². The minimum atomic E-state index is 0.466. The van der Waals surface area contributed by atoms with Gasteiger partial charge in [0.05, 0.1) is 6.54 Å². The van der Waals surface area contributed by atoms with Crippen molar-refractivity contribution in [3.63, 3.8) is 0 Å². The lowest BCUT2D eigenvalue weighted by molar-refractivity contribution is 0.682. The van der Waals surface area contributed by atoms with Crippen LogP contribution in [0.2, 0.25) is 0 Å². The van der Waals surface area contributed by atoms with Crippen LogP contribution in [-0.4, -0.2) is 14.5 Å². The Kier molecular flexibility index (Phi) is 3.79. The first-order chi connectivity index (χ1) is 8.11. The second kappa shape index (κ2) is 5.14. The number of thiazole rings is 1. The molecule has 0 bridgehead atoms. The van der Waals surface area contributed by atoms with Crippen molar-refractivity contribution in [1.82, 2.24) is 14.5 Å². The summed E-state index contributed by atoms with van der Waals surface area (Å²) < 4.78 is 2.92. The topological polar surface area (TPSA) is 33.6 Å². The molecule has 0 spiro atoms. The lowest BCUT2D eigenvalue weighted by atomic mass is 10.1. The van der Waals surface area contributed by atoms with Crippen LogP contribution in [0.4, 0.5) is 0 Å². The number of nitrogens with one attached hydrogen (secondary N) is 1. The molecule has 2 aromatic heterocycles. The van der Waals surface area contributed by atoms with Crippen LogP contribution in [-0.2, 0) is 13.0 Å². The quantitative estimate of drug-likeness (QED) is 0.856. The van der Waals surface area contributed by atoms with Crippen LogP contribution in [0.5, 0.6) is 0 Å². The Hall–Kier alpha value is -0.940. The highest BCUT2D eigenvalue weighted by Gasteiger charge is 2.10. The molecule has 92 valence electrons. The molecule has 0 aliphatic heterocycles. The van der Waals surface area contributed by atoms with Gasteiger partial charge in [0.15, 0.2) is 4.77 Å². The van der Waals surface area contributed by atoms with Crippen molar-refractivity contribution in [1.29, 1.82) is 0 Å². The summed E-state index contributed by atoms with van der Waals surface area (Å²) in [4.78, 5) is 8.88. The van der Waals surface area contributed by atoms with Gasteiger partial charge in [-0.3, -0.25) is 0 Å². The van der Waals surface area contributed by atoms with Crippen LogP contribution >= 0.6 is 23.6 Å². The van der Waals surface area contributed by atoms with E-state index in [4.69, 9.17) is 12.2 Å². The third-order valence-electron chi connectivity index (χ3n) is 2.74. The van der Waals surface area contributed by atoms with Crippen LogP contribution in [0.3, 0.4) is 0 Å². The predicted molar refractivity (Wildman–Crippen MR) is 74.3 cm³/mol. The molecule has 2 aromatic rings. The average Bonchev–Trinajstić information content (AvgIpc) is 2.87. The standard InChI is InChI=1S/C12H17N3S2/c1-4-9-5-13-11(17-9)7-15-10(8(2)3)6-14-12(15)16/h5-6,8H,4,7H2,1-3H3,(H,14,16). The minimum absolute atomic E-state index is 0.466. The molecule has 0 amide bonds. The average molecular weight is 267 g/mol. The van der Waals surface area contributed by atoms with E-state index in [1.165, 1.54) is 10.6 Å². The highest BCUT2D eigenvalue weighted by atomic mass is 32.1. The van der Waals surface area contributed by atoms with Crippen molar-refractivity contribution in [2.24, 2.45) is 0 Å². The normalized spacial score (nSPS) is 11.3. The van der Waals surface area contributed by atoms with Crippen molar-refractivity contribution >= 4 is 23.6 Å². The largest absolute Gasteiger partial charge is 0.337 e. The number of hydrogen-bond acceptors (Lipinski definition) is 3. The predicted octanol–water partition coefficient (Wildman–Crippen LogP) is 3.74. The maximum Gasteiger partial charge on any atom is 0.177 e. The zero-order chi connectivity index (χ0) is 12.4. The first-order valence-electron chi connectivity index (χ1n) is 5.83. The zero-order valence-electron chi connectivity index (χ0n) is 10.4. The molecule has 3 nitrogen and oxygen atoms in total. The Balaban J connectivity index is 2.29. The van der Waals surface area contributed by atoms with Crippen LogP contribution in [0, 0.1) is 4.77 Å². The third kappa shape index (κ3) is 2.66. The molecular weight excluding hydrogens is 250 g/mol. The summed E-state index contributed by atoms with van der Waals surface area (Å²) in [6, 6.07) is 0. The molecule has 17 heavy (non-hydrogen) atoms. The molecule has 0 aliphatic rings. The fraction of sp³-hybridized carbons (Fsp3) is 0.500. The van der Waals surface area contributed by atoms with Gasteiger partial charge in [-0.2, -0.15) is 0 Å². The summed E-state index contributed by atoms with van der Waals surface area (Å²) in [5.41, 5.74) is 1.24. The van der Waals surface area contributed by atoms with E-state index in [2.05, 4.69) is 35.3 Å². The Morgan fingerprint density at radius 1 is 1.53 bits per heavy atom. The Labute approximate surface area is 111 Å². The number of H-pyrrole nitrogens is 1. The van der Waals surface area contributed by atoms with Gasteiger partial charge in [-0.1, -0.05) is 20.8 Å². The van der Waals surface area contributed by atoms with Crippen LogP contribution in [0.15, 0.2) is 12.4 Å². The van der Waals surface area contributed by atoms with Gasteiger partial charge in [0.1, 0.15) is 5.01 Å². The van der Waals surface area contributed by atoms with Gasteiger partial charge in [0.2, 0.25) is 0 Å². The number of nitrogens with zero attached hydrogens (tertiary/aromatic N) is 2. The Bertz CT molecular complexity index is 548. The second-order valence-corrected chi connectivity index (χ2v) is 5.92. The highest BCUT2D eigenvalue weighted by Crippen LogP contribution is 2.19. The fourth-order valence-corrected chi connectivity index (χ4v) is 2.85. The third-order valence-corrected chi connectivity index (χ3v) is 4.20. The minimum Gasteiger partial charge on any atom is -0.337 e. The van der Waals surface area contributed by atoms with Gasteiger partial charge < -0.3 is 9.55 Å². The van der Waals surface area contributed by atoms with Gasteiger partial charge in [0, 0.05) is 23.0 Å². The second-order valence-electron chi connectivity index (χ2n) is 4.33. The SMILES string of the molecule is CCc1cnc(Cn2c(C(C)C)c[nH]c2=S)s1. The summed E-state index contributed by atoms with van der Waals surface area (Å²) in [5, 5.41) is 1.12. The molecule has 2 heterocycles. The van der Waals surface area contributed by atoms with E-state index in [0.717, 1.165) is 22.7 Å². The van der Waals surface area contributed by atoms with Crippen molar-refractivity contribution < 1.29 is 0 Å². The van der Waals surface area contributed by atoms with E-state index in [1.807, 2.05) is 12.4 Å². The summed E-state index contributed by atoms with van der Waals surface area (Å²) in [6.07, 6.45) is 5.01. The number of imidazole rings is 1. The Morgan fingerprint density at radius 3 is 2.88 bits per heavy atom. The van der Waals surface area contributed by atoms with Crippen LogP contribution in [0.1, 0.15) is 42.3 Å². The number of aromatic amines is 1. The molecule has 0 saturated carbocycles. The number of hydrogen-bond donors (Lipinski definition) is 1. The van der Waals surface area contributed by atoms with E-state index >= 15 is 0 Å². The van der Waals surface area contributed by atoms with E-state index in [9.17, 15) is 0 Å². The smallest absolute Gasteiger partial charge is 0.177 e.